The predicted octanol–water partition coefficient (Wildman–Crippen LogP) is 3.95. The Morgan fingerprint density at radius 3 is 2.51 bits per heavy atom. The Morgan fingerprint density at radius 1 is 1.05 bits per heavy atom. The highest BCUT2D eigenvalue weighted by Gasteiger charge is 2.31. The fourth-order valence-corrected chi connectivity index (χ4v) is 6.32. The van der Waals surface area contributed by atoms with E-state index in [-0.39, 0.29) is 29.2 Å². The molecule has 10 heteroatoms. The highest BCUT2D eigenvalue weighted by molar-refractivity contribution is 6.36. The van der Waals surface area contributed by atoms with E-state index >= 15 is 0 Å². The van der Waals surface area contributed by atoms with Crippen molar-refractivity contribution in [2.75, 3.05) is 38.2 Å². The molecule has 0 spiro atoms. The first-order valence-electron chi connectivity index (χ1n) is 13.6. The first kappa shape index (κ1) is 26.0. The van der Waals surface area contributed by atoms with Crippen molar-refractivity contribution in [3.8, 4) is 11.7 Å². The number of rotatable bonds is 5. The van der Waals surface area contributed by atoms with E-state index in [1.165, 1.54) is 0 Å². The fourth-order valence-electron chi connectivity index (χ4n) is 6.04. The minimum absolute atomic E-state index is 0.155. The monoisotopic (exact) mass is 547 g/mol. The van der Waals surface area contributed by atoms with Crippen LogP contribution in [0.5, 0.6) is 6.01 Å². The van der Waals surface area contributed by atoms with E-state index in [2.05, 4.69) is 41.0 Å². The second-order valence-corrected chi connectivity index (χ2v) is 11.2. The number of likely N-dealkylation sites (tertiary alicyclic amines) is 1. The van der Waals surface area contributed by atoms with Gasteiger partial charge in [0.25, 0.3) is 5.56 Å². The van der Waals surface area contributed by atoms with Gasteiger partial charge in [0.1, 0.15) is 17.9 Å². The molecular formula is C29H34ClN7O2. The summed E-state index contributed by atoms with van der Waals surface area (Å²) in [6.07, 6.45) is 2.21. The number of nitrogens with zero attached hydrogens (tertiary/aromatic N) is 6. The first-order valence-corrected chi connectivity index (χ1v) is 14.0. The van der Waals surface area contributed by atoms with Crippen molar-refractivity contribution < 1.29 is 4.74 Å². The van der Waals surface area contributed by atoms with Gasteiger partial charge < -0.3 is 19.9 Å². The molecule has 2 fully saturated rings. The standard InChI is InChI=1S/C29H34ClN7O2/c1-17-14-31-15-18(2)36(17)27-25-26(33-29(34-27)39-16-21-10-7-13-35(21)4)28(38)37(19(3)32-25)23-12-6-9-20-8-5-11-22(30)24(20)23/h5-6,8-9,11-12,17-18,21,31H,7,10,13-16H2,1-4H3/t17-,18-,21-/m0/s1. The summed E-state index contributed by atoms with van der Waals surface area (Å²) >= 11 is 6.64. The molecule has 204 valence electrons. The SMILES string of the molecule is Cc1nc2c(N3[C@@H](C)CNC[C@@H]3C)nc(OC[C@@H]3CCCN3C)nc2c(=O)n1-c1cccc2cccc(Cl)c12. The van der Waals surface area contributed by atoms with Gasteiger partial charge in [-0.25, -0.2) is 4.98 Å². The van der Waals surface area contributed by atoms with Crippen LogP contribution in [0, 0.1) is 6.92 Å². The van der Waals surface area contributed by atoms with Crippen LogP contribution in [0.1, 0.15) is 32.5 Å². The molecule has 4 heterocycles. The molecule has 2 aliphatic rings. The Morgan fingerprint density at radius 2 is 1.79 bits per heavy atom. The van der Waals surface area contributed by atoms with Gasteiger partial charge in [-0.15, -0.1) is 0 Å². The molecule has 2 aromatic heterocycles. The second kappa shape index (κ2) is 10.4. The van der Waals surface area contributed by atoms with Crippen LogP contribution in [0.4, 0.5) is 5.82 Å². The van der Waals surface area contributed by atoms with Crippen LogP contribution in [0.15, 0.2) is 41.2 Å². The van der Waals surface area contributed by atoms with Crippen LogP contribution in [-0.4, -0.2) is 75.8 Å². The third kappa shape index (κ3) is 4.62. The minimum Gasteiger partial charge on any atom is -0.462 e. The van der Waals surface area contributed by atoms with Crippen LogP contribution >= 0.6 is 11.6 Å². The van der Waals surface area contributed by atoms with E-state index in [9.17, 15) is 4.79 Å². The summed E-state index contributed by atoms with van der Waals surface area (Å²) in [4.78, 5) is 33.3. The third-order valence-electron chi connectivity index (χ3n) is 8.07. The minimum atomic E-state index is -0.271. The van der Waals surface area contributed by atoms with Gasteiger partial charge >= 0.3 is 6.01 Å². The number of aryl methyl sites for hydroxylation is 1. The quantitative estimate of drug-likeness (QED) is 0.402. The number of halogens is 1. The van der Waals surface area contributed by atoms with Crippen molar-refractivity contribution in [2.24, 2.45) is 0 Å². The van der Waals surface area contributed by atoms with Crippen LogP contribution in [0.3, 0.4) is 0 Å². The first-order chi connectivity index (χ1) is 18.8. The second-order valence-electron chi connectivity index (χ2n) is 10.8. The normalized spacial score (nSPS) is 22.2. The van der Waals surface area contributed by atoms with Crippen molar-refractivity contribution in [3.05, 3.63) is 57.6 Å². The fraction of sp³-hybridized carbons (Fsp3) is 0.448. The van der Waals surface area contributed by atoms with E-state index in [4.69, 9.17) is 26.3 Å². The van der Waals surface area contributed by atoms with E-state index < -0.39 is 0 Å². The molecule has 39 heavy (non-hydrogen) atoms. The Bertz CT molecular complexity index is 1590. The van der Waals surface area contributed by atoms with Crippen molar-refractivity contribution in [2.45, 2.75) is 51.7 Å². The lowest BCUT2D eigenvalue weighted by Crippen LogP contribution is -2.55. The number of fused-ring (bicyclic) bond motifs is 2. The topological polar surface area (TPSA) is 88.4 Å². The molecule has 2 aromatic carbocycles. The number of piperazine rings is 1. The maximum atomic E-state index is 14.3. The highest BCUT2D eigenvalue weighted by Crippen LogP contribution is 2.32. The number of nitrogens with one attached hydrogen (secondary N) is 1. The summed E-state index contributed by atoms with van der Waals surface area (Å²) < 4.78 is 7.79. The molecular weight excluding hydrogens is 514 g/mol. The zero-order valence-electron chi connectivity index (χ0n) is 22.8. The Balaban J connectivity index is 1.56. The molecule has 1 N–H and O–H groups in total. The molecule has 0 aliphatic carbocycles. The smallest absolute Gasteiger partial charge is 0.319 e. The van der Waals surface area contributed by atoms with E-state index in [0.717, 1.165) is 43.2 Å². The van der Waals surface area contributed by atoms with Gasteiger partial charge in [0.2, 0.25) is 0 Å². The number of hydrogen-bond donors (Lipinski definition) is 1. The molecule has 0 amide bonds. The third-order valence-corrected chi connectivity index (χ3v) is 8.39. The molecule has 0 saturated carbocycles. The number of hydrogen-bond acceptors (Lipinski definition) is 8. The number of benzene rings is 2. The molecule has 3 atom stereocenters. The van der Waals surface area contributed by atoms with E-state index in [0.29, 0.717) is 40.5 Å². The summed E-state index contributed by atoms with van der Waals surface area (Å²) in [5.41, 5.74) is 1.13. The van der Waals surface area contributed by atoms with Gasteiger partial charge in [0.15, 0.2) is 11.3 Å². The number of aromatic nitrogens is 4. The van der Waals surface area contributed by atoms with E-state index in [1.807, 2.05) is 43.3 Å². The van der Waals surface area contributed by atoms with Crippen molar-refractivity contribution in [3.63, 3.8) is 0 Å². The molecule has 0 radical (unpaired) electrons. The summed E-state index contributed by atoms with van der Waals surface area (Å²) in [6.45, 7) is 9.28. The number of ether oxygens (including phenoxy) is 1. The van der Waals surface area contributed by atoms with Crippen LogP contribution in [0.25, 0.3) is 27.5 Å². The molecule has 2 saturated heterocycles. The lowest BCUT2D eigenvalue weighted by atomic mass is 10.1. The van der Waals surface area contributed by atoms with Crippen LogP contribution in [0.2, 0.25) is 5.02 Å². The Kier molecular flexibility index (Phi) is 6.91. The molecule has 0 unspecified atom stereocenters. The van der Waals surface area contributed by atoms with Crippen LogP contribution < -0.4 is 20.5 Å². The highest BCUT2D eigenvalue weighted by atomic mass is 35.5. The molecule has 2 aliphatic heterocycles. The van der Waals surface area contributed by atoms with Gasteiger partial charge in [-0.2, -0.15) is 9.97 Å². The molecule has 6 rings (SSSR count). The van der Waals surface area contributed by atoms with Gasteiger partial charge in [-0.05, 0) is 64.7 Å². The number of anilines is 1. The average Bonchev–Trinajstić information content (AvgIpc) is 3.32. The Labute approximate surface area is 232 Å². The molecule has 4 aromatic rings. The van der Waals surface area contributed by atoms with Crippen molar-refractivity contribution >= 4 is 39.2 Å². The summed E-state index contributed by atoms with van der Waals surface area (Å²) in [7, 11) is 2.11. The van der Waals surface area contributed by atoms with Crippen molar-refractivity contribution in [1.29, 1.82) is 0 Å². The lowest BCUT2D eigenvalue weighted by molar-refractivity contribution is 0.188. The zero-order valence-corrected chi connectivity index (χ0v) is 23.6. The van der Waals surface area contributed by atoms with Gasteiger partial charge in [0.05, 0.1) is 10.7 Å². The maximum absolute atomic E-state index is 14.3. The van der Waals surface area contributed by atoms with Crippen molar-refractivity contribution in [1.82, 2.24) is 29.7 Å². The summed E-state index contributed by atoms with van der Waals surface area (Å²) in [5, 5.41) is 5.79. The summed E-state index contributed by atoms with van der Waals surface area (Å²) in [6, 6.07) is 12.3. The predicted molar refractivity (Wildman–Crippen MR) is 156 cm³/mol. The Hall–Kier alpha value is -3.27. The zero-order chi connectivity index (χ0) is 27.3. The summed E-state index contributed by atoms with van der Waals surface area (Å²) in [5.74, 6) is 1.18. The lowest BCUT2D eigenvalue weighted by Gasteiger charge is -2.40. The van der Waals surface area contributed by atoms with Crippen LogP contribution in [-0.2, 0) is 0 Å². The van der Waals surface area contributed by atoms with E-state index in [1.54, 1.807) is 4.57 Å². The number of likely N-dealkylation sites (N-methyl/N-ethyl adjacent to an activating group) is 1. The average molecular weight is 548 g/mol. The molecule has 0 bridgehead atoms. The largest absolute Gasteiger partial charge is 0.462 e. The maximum Gasteiger partial charge on any atom is 0.319 e. The molecule has 9 nitrogen and oxygen atoms in total. The van der Waals surface area contributed by atoms with Gasteiger partial charge in [-0.1, -0.05) is 35.9 Å². The van der Waals surface area contributed by atoms with Gasteiger partial charge in [0, 0.05) is 36.6 Å². The van der Waals surface area contributed by atoms with Gasteiger partial charge in [-0.3, -0.25) is 9.36 Å².